The lowest BCUT2D eigenvalue weighted by Crippen LogP contribution is -2.20. The molecule has 108 valence electrons. The number of nitrogens with zero attached hydrogens (tertiary/aromatic N) is 1. The summed E-state index contributed by atoms with van der Waals surface area (Å²) in [6.45, 7) is 0. The highest BCUT2D eigenvalue weighted by atomic mass is 16.5. The van der Waals surface area contributed by atoms with Gasteiger partial charge in [-0.05, 0) is 30.3 Å². The number of carbonyl (C=O) groups excluding carboxylic acids is 2. The molecule has 1 aromatic heterocycles. The van der Waals surface area contributed by atoms with Gasteiger partial charge in [-0.3, -0.25) is 4.79 Å². The third kappa shape index (κ3) is 3.69. The van der Waals surface area contributed by atoms with Gasteiger partial charge in [0, 0.05) is 11.8 Å². The van der Waals surface area contributed by atoms with Crippen LogP contribution in [0, 0.1) is 0 Å². The lowest BCUT2D eigenvalue weighted by atomic mass is 10.1. The zero-order valence-electron chi connectivity index (χ0n) is 11.3. The van der Waals surface area contributed by atoms with Gasteiger partial charge in [-0.1, -0.05) is 6.07 Å². The van der Waals surface area contributed by atoms with Crippen LogP contribution in [0.3, 0.4) is 0 Å². The van der Waals surface area contributed by atoms with Crippen molar-refractivity contribution in [2.75, 3.05) is 17.7 Å². The van der Waals surface area contributed by atoms with E-state index in [1.165, 1.54) is 13.2 Å². The number of anilines is 2. The lowest BCUT2D eigenvalue weighted by molar-refractivity contribution is 0.102. The Balaban J connectivity index is 2.23. The highest BCUT2D eigenvalue weighted by Crippen LogP contribution is 2.25. The Morgan fingerprint density at radius 1 is 1.19 bits per heavy atom. The quantitative estimate of drug-likeness (QED) is 0.797. The van der Waals surface area contributed by atoms with Crippen LogP contribution in [-0.2, 0) is 0 Å². The summed E-state index contributed by atoms with van der Waals surface area (Å²) in [5.74, 6) is 0.481. The maximum atomic E-state index is 12.1. The number of primary amides is 1. The van der Waals surface area contributed by atoms with Gasteiger partial charge in [-0.25, -0.2) is 9.78 Å². The van der Waals surface area contributed by atoms with E-state index >= 15 is 0 Å². The number of urea groups is 1. The molecular formula is C14H14N4O3. The number of ether oxygens (including phenoxy) is 1. The molecule has 7 heteroatoms. The fourth-order valence-electron chi connectivity index (χ4n) is 1.70. The minimum atomic E-state index is -0.740. The SMILES string of the molecule is COc1ccc(C(=O)Nc2ccccn2)cc1NC(N)=O. The van der Waals surface area contributed by atoms with Crippen LogP contribution in [0.1, 0.15) is 10.4 Å². The number of nitrogens with one attached hydrogen (secondary N) is 2. The number of hydrogen-bond acceptors (Lipinski definition) is 4. The Kier molecular flexibility index (Phi) is 4.35. The van der Waals surface area contributed by atoms with Crippen LogP contribution in [0.5, 0.6) is 5.75 Å². The number of rotatable bonds is 4. The fourth-order valence-corrected chi connectivity index (χ4v) is 1.70. The zero-order chi connectivity index (χ0) is 15.2. The molecule has 0 saturated heterocycles. The molecule has 0 atom stereocenters. The van der Waals surface area contributed by atoms with Gasteiger partial charge in [0.1, 0.15) is 11.6 Å². The monoisotopic (exact) mass is 286 g/mol. The van der Waals surface area contributed by atoms with Gasteiger partial charge in [0.25, 0.3) is 5.91 Å². The molecule has 2 aromatic rings. The third-order valence-corrected chi connectivity index (χ3v) is 2.63. The van der Waals surface area contributed by atoms with E-state index in [1.807, 2.05) is 0 Å². The first-order valence-electron chi connectivity index (χ1n) is 6.07. The highest BCUT2D eigenvalue weighted by Gasteiger charge is 2.12. The molecule has 7 nitrogen and oxygen atoms in total. The van der Waals surface area contributed by atoms with Crippen LogP contribution in [-0.4, -0.2) is 24.0 Å². The van der Waals surface area contributed by atoms with Crippen molar-refractivity contribution in [3.8, 4) is 5.75 Å². The van der Waals surface area contributed by atoms with Crippen LogP contribution >= 0.6 is 0 Å². The van der Waals surface area contributed by atoms with Crippen LogP contribution < -0.4 is 21.1 Å². The van der Waals surface area contributed by atoms with E-state index < -0.39 is 6.03 Å². The van der Waals surface area contributed by atoms with Crippen molar-refractivity contribution in [3.63, 3.8) is 0 Å². The molecule has 0 unspecified atom stereocenters. The largest absolute Gasteiger partial charge is 0.495 e. The van der Waals surface area contributed by atoms with E-state index in [4.69, 9.17) is 10.5 Å². The van der Waals surface area contributed by atoms with Gasteiger partial charge in [-0.15, -0.1) is 0 Å². The molecule has 0 saturated carbocycles. The number of benzene rings is 1. The minimum Gasteiger partial charge on any atom is -0.495 e. The first-order valence-corrected chi connectivity index (χ1v) is 6.07. The Labute approximate surface area is 121 Å². The second-order valence-electron chi connectivity index (χ2n) is 4.07. The fraction of sp³-hybridized carbons (Fsp3) is 0.0714. The zero-order valence-corrected chi connectivity index (χ0v) is 11.3. The molecule has 0 aliphatic carbocycles. The van der Waals surface area contributed by atoms with E-state index in [0.717, 1.165) is 0 Å². The van der Waals surface area contributed by atoms with Gasteiger partial charge in [0.2, 0.25) is 0 Å². The first kappa shape index (κ1) is 14.3. The van der Waals surface area contributed by atoms with Crippen molar-refractivity contribution in [1.82, 2.24) is 4.98 Å². The third-order valence-electron chi connectivity index (χ3n) is 2.63. The molecule has 3 amide bonds. The normalized spacial score (nSPS) is 9.76. The van der Waals surface area contributed by atoms with Gasteiger partial charge < -0.3 is 21.1 Å². The smallest absolute Gasteiger partial charge is 0.316 e. The number of hydrogen-bond donors (Lipinski definition) is 3. The predicted molar refractivity (Wildman–Crippen MR) is 78.4 cm³/mol. The maximum absolute atomic E-state index is 12.1. The molecule has 0 aliphatic heterocycles. The summed E-state index contributed by atoms with van der Waals surface area (Å²) in [4.78, 5) is 27.1. The van der Waals surface area contributed by atoms with Gasteiger partial charge in [-0.2, -0.15) is 0 Å². The van der Waals surface area contributed by atoms with Gasteiger partial charge >= 0.3 is 6.03 Å². The summed E-state index contributed by atoms with van der Waals surface area (Å²) in [7, 11) is 1.45. The molecule has 21 heavy (non-hydrogen) atoms. The van der Waals surface area contributed by atoms with Crippen LogP contribution in [0.2, 0.25) is 0 Å². The second kappa shape index (κ2) is 6.38. The summed E-state index contributed by atoms with van der Waals surface area (Å²) in [6, 6.07) is 9.05. The molecule has 0 bridgehead atoms. The van der Waals surface area contributed by atoms with E-state index in [1.54, 1.807) is 36.5 Å². The number of carbonyl (C=O) groups is 2. The average molecular weight is 286 g/mol. The van der Waals surface area contributed by atoms with Crippen molar-refractivity contribution in [1.29, 1.82) is 0 Å². The van der Waals surface area contributed by atoms with Crippen LogP contribution in [0.15, 0.2) is 42.6 Å². The molecule has 0 radical (unpaired) electrons. The van der Waals surface area contributed by atoms with Crippen molar-refractivity contribution < 1.29 is 14.3 Å². The first-order chi connectivity index (χ1) is 10.1. The summed E-state index contributed by atoms with van der Waals surface area (Å²) in [5.41, 5.74) is 5.74. The Morgan fingerprint density at radius 3 is 2.62 bits per heavy atom. The predicted octanol–water partition coefficient (Wildman–Crippen LogP) is 1.83. The van der Waals surface area contributed by atoms with E-state index in [0.29, 0.717) is 22.8 Å². The number of amides is 3. The average Bonchev–Trinajstić information content (AvgIpc) is 2.47. The van der Waals surface area contributed by atoms with E-state index in [2.05, 4.69) is 15.6 Å². The molecule has 1 heterocycles. The topological polar surface area (TPSA) is 106 Å². The summed E-state index contributed by atoms with van der Waals surface area (Å²) < 4.78 is 5.08. The number of aromatic nitrogens is 1. The van der Waals surface area contributed by atoms with Crippen molar-refractivity contribution in [3.05, 3.63) is 48.2 Å². The summed E-state index contributed by atoms with van der Waals surface area (Å²) in [6.07, 6.45) is 1.57. The second-order valence-corrected chi connectivity index (χ2v) is 4.07. The lowest BCUT2D eigenvalue weighted by Gasteiger charge is -2.10. The van der Waals surface area contributed by atoms with Crippen LogP contribution in [0.25, 0.3) is 0 Å². The van der Waals surface area contributed by atoms with Gasteiger partial charge in [0.05, 0.1) is 12.8 Å². The molecule has 1 aromatic carbocycles. The van der Waals surface area contributed by atoms with E-state index in [9.17, 15) is 9.59 Å². The van der Waals surface area contributed by atoms with E-state index in [-0.39, 0.29) is 5.91 Å². The molecule has 0 aliphatic rings. The van der Waals surface area contributed by atoms with Crippen molar-refractivity contribution in [2.24, 2.45) is 5.73 Å². The van der Waals surface area contributed by atoms with Crippen LogP contribution in [0.4, 0.5) is 16.3 Å². The minimum absolute atomic E-state index is 0.318. The highest BCUT2D eigenvalue weighted by molar-refractivity contribution is 6.05. The number of pyridine rings is 1. The molecular weight excluding hydrogens is 272 g/mol. The van der Waals surface area contributed by atoms with Crippen molar-refractivity contribution >= 4 is 23.4 Å². The summed E-state index contributed by atoms with van der Waals surface area (Å²) in [5, 5.41) is 5.04. The molecule has 4 N–H and O–H groups in total. The molecule has 0 fully saturated rings. The number of methoxy groups -OCH3 is 1. The Hall–Kier alpha value is -3.09. The van der Waals surface area contributed by atoms with Gasteiger partial charge in [0.15, 0.2) is 0 Å². The van der Waals surface area contributed by atoms with Crippen molar-refractivity contribution in [2.45, 2.75) is 0 Å². The standard InChI is InChI=1S/C14H14N4O3/c1-21-11-6-5-9(8-10(11)17-14(15)20)13(19)18-12-4-2-3-7-16-12/h2-8H,1H3,(H3,15,17,20)(H,16,18,19). The Morgan fingerprint density at radius 2 is 2.00 bits per heavy atom. The molecule has 2 rings (SSSR count). The Bertz CT molecular complexity index is 659. The number of nitrogens with two attached hydrogens (primary N) is 1. The maximum Gasteiger partial charge on any atom is 0.316 e. The molecule has 0 spiro atoms. The summed E-state index contributed by atoms with van der Waals surface area (Å²) >= 11 is 0.